The smallest absolute Gasteiger partial charge is 0.229 e. The first-order chi connectivity index (χ1) is 8.60. The van der Waals surface area contributed by atoms with Crippen molar-refractivity contribution in [1.82, 2.24) is 0 Å². The Balaban J connectivity index is 0. The highest BCUT2D eigenvalue weighted by atomic mass is 16.2. The van der Waals surface area contributed by atoms with Crippen LogP contribution in [0.25, 0.3) is 0 Å². The van der Waals surface area contributed by atoms with Crippen LogP contribution in [0.3, 0.4) is 0 Å². The summed E-state index contributed by atoms with van der Waals surface area (Å²) < 4.78 is 0. The lowest BCUT2D eigenvalue weighted by Gasteiger charge is -2.20. The van der Waals surface area contributed by atoms with Crippen LogP contribution in [-0.4, -0.2) is 5.91 Å². The summed E-state index contributed by atoms with van der Waals surface area (Å²) in [5.74, 6) is 0.0426. The van der Waals surface area contributed by atoms with Gasteiger partial charge < -0.3 is 5.32 Å². The Hall–Kier alpha value is -1.31. The Bertz CT molecular complexity index is 391. The Morgan fingerprint density at radius 1 is 0.900 bits per heavy atom. The minimum Gasteiger partial charge on any atom is -0.326 e. The van der Waals surface area contributed by atoms with Gasteiger partial charge in [-0.15, -0.1) is 0 Å². The molecule has 0 bridgehead atoms. The molecule has 0 aliphatic carbocycles. The first-order valence-corrected chi connectivity index (χ1v) is 7.03. The molecule has 1 N–H and O–H groups in total. The molecule has 0 heterocycles. The van der Waals surface area contributed by atoms with E-state index < -0.39 is 0 Å². The van der Waals surface area contributed by atoms with Crippen LogP contribution in [0, 0.1) is 5.41 Å². The molecule has 0 fully saturated rings. The second kappa shape index (κ2) is 8.08. The van der Waals surface area contributed by atoms with E-state index in [1.165, 1.54) is 5.56 Å². The molecule has 0 saturated heterocycles. The van der Waals surface area contributed by atoms with E-state index in [9.17, 15) is 4.79 Å². The Morgan fingerprint density at radius 3 is 1.60 bits per heavy atom. The van der Waals surface area contributed by atoms with Gasteiger partial charge in [0.1, 0.15) is 0 Å². The third-order valence-corrected chi connectivity index (χ3v) is 2.69. The lowest BCUT2D eigenvalue weighted by Crippen LogP contribution is -2.27. The predicted octanol–water partition coefficient (Wildman–Crippen LogP) is 5.63. The molecule has 0 unspecified atom stereocenters. The molecule has 0 aliphatic rings. The SMILES string of the molecule is C.CC.CC(C)(C)C(=O)Nc1ccc(C(C)(C)C)cc1. The molecule has 0 aliphatic heterocycles. The standard InChI is InChI=1S/C15H23NO.C2H6.CH4/c1-14(2,3)11-7-9-12(10-8-11)16-13(17)15(4,5)6;1-2;/h7-10H,1-6H3,(H,16,17);1-2H3;1H4. The minimum atomic E-state index is -0.358. The van der Waals surface area contributed by atoms with E-state index in [1.54, 1.807) is 0 Å². The molecule has 1 aromatic rings. The van der Waals surface area contributed by atoms with Gasteiger partial charge in [-0.05, 0) is 23.1 Å². The average Bonchev–Trinajstić information content (AvgIpc) is 2.30. The lowest BCUT2D eigenvalue weighted by molar-refractivity contribution is -0.123. The van der Waals surface area contributed by atoms with E-state index in [-0.39, 0.29) is 24.2 Å². The molecular weight excluding hydrogens is 246 g/mol. The number of hydrogen-bond acceptors (Lipinski definition) is 1. The summed E-state index contributed by atoms with van der Waals surface area (Å²) in [6.45, 7) is 16.3. The number of nitrogens with one attached hydrogen (secondary N) is 1. The maximum atomic E-state index is 11.8. The van der Waals surface area contributed by atoms with E-state index in [4.69, 9.17) is 0 Å². The monoisotopic (exact) mass is 279 g/mol. The summed E-state index contributed by atoms with van der Waals surface area (Å²) in [6.07, 6.45) is 0. The highest BCUT2D eigenvalue weighted by Crippen LogP contribution is 2.24. The number of benzene rings is 1. The molecule has 0 saturated carbocycles. The number of hydrogen-bond donors (Lipinski definition) is 1. The fraction of sp³-hybridized carbons (Fsp3) is 0.611. The first kappa shape index (κ1) is 21.0. The molecule has 0 atom stereocenters. The topological polar surface area (TPSA) is 29.1 Å². The van der Waals surface area contributed by atoms with Crippen LogP contribution in [0.15, 0.2) is 24.3 Å². The number of carbonyl (C=O) groups excluding carboxylic acids is 1. The van der Waals surface area contributed by atoms with Crippen LogP contribution in [0.2, 0.25) is 0 Å². The maximum Gasteiger partial charge on any atom is 0.229 e. The highest BCUT2D eigenvalue weighted by molar-refractivity contribution is 5.94. The normalized spacial score (nSPS) is 10.8. The summed E-state index contributed by atoms with van der Waals surface area (Å²) in [4.78, 5) is 11.8. The molecule has 0 radical (unpaired) electrons. The summed E-state index contributed by atoms with van der Waals surface area (Å²) in [6, 6.07) is 8.06. The van der Waals surface area contributed by atoms with Crippen LogP contribution in [0.1, 0.15) is 68.4 Å². The van der Waals surface area contributed by atoms with Crippen LogP contribution in [0.4, 0.5) is 5.69 Å². The van der Waals surface area contributed by atoms with Crippen molar-refractivity contribution >= 4 is 11.6 Å². The van der Waals surface area contributed by atoms with E-state index >= 15 is 0 Å². The van der Waals surface area contributed by atoms with Gasteiger partial charge in [-0.25, -0.2) is 0 Å². The minimum absolute atomic E-state index is 0. The van der Waals surface area contributed by atoms with Crippen LogP contribution in [-0.2, 0) is 10.2 Å². The second-order valence-electron chi connectivity index (χ2n) is 6.53. The average molecular weight is 279 g/mol. The fourth-order valence-electron chi connectivity index (χ4n) is 1.37. The van der Waals surface area contributed by atoms with Gasteiger partial charge in [0.15, 0.2) is 0 Å². The van der Waals surface area contributed by atoms with Crippen molar-refractivity contribution in [1.29, 1.82) is 0 Å². The second-order valence-corrected chi connectivity index (χ2v) is 6.53. The Morgan fingerprint density at radius 2 is 1.30 bits per heavy atom. The molecule has 0 aromatic heterocycles. The Labute approximate surface area is 126 Å². The molecule has 1 rings (SSSR count). The number of carbonyl (C=O) groups is 1. The third-order valence-electron chi connectivity index (χ3n) is 2.69. The summed E-state index contributed by atoms with van der Waals surface area (Å²) in [5, 5.41) is 2.92. The van der Waals surface area contributed by atoms with Crippen molar-refractivity contribution in [2.24, 2.45) is 5.41 Å². The van der Waals surface area contributed by atoms with Crippen LogP contribution >= 0.6 is 0 Å². The van der Waals surface area contributed by atoms with Crippen molar-refractivity contribution < 1.29 is 4.79 Å². The highest BCUT2D eigenvalue weighted by Gasteiger charge is 2.21. The molecule has 2 heteroatoms. The van der Waals surface area contributed by atoms with E-state index in [2.05, 4.69) is 38.2 Å². The largest absolute Gasteiger partial charge is 0.326 e. The quantitative estimate of drug-likeness (QED) is 0.709. The van der Waals surface area contributed by atoms with Crippen LogP contribution in [0.5, 0.6) is 0 Å². The zero-order valence-corrected chi connectivity index (χ0v) is 13.7. The first-order valence-electron chi connectivity index (χ1n) is 7.03. The van der Waals surface area contributed by atoms with Crippen molar-refractivity contribution in [2.75, 3.05) is 5.32 Å². The van der Waals surface area contributed by atoms with Crippen molar-refractivity contribution in [3.05, 3.63) is 29.8 Å². The number of amides is 1. The van der Waals surface area contributed by atoms with Gasteiger partial charge in [-0.2, -0.15) is 0 Å². The molecule has 0 spiro atoms. The molecule has 20 heavy (non-hydrogen) atoms. The van der Waals surface area contributed by atoms with Crippen molar-refractivity contribution in [3.63, 3.8) is 0 Å². The zero-order chi connectivity index (χ0) is 15.3. The van der Waals surface area contributed by atoms with E-state index in [1.807, 2.05) is 46.8 Å². The summed E-state index contributed by atoms with van der Waals surface area (Å²) >= 11 is 0. The fourth-order valence-corrected chi connectivity index (χ4v) is 1.37. The van der Waals surface area contributed by atoms with Crippen molar-refractivity contribution in [3.8, 4) is 0 Å². The molecular formula is C18H33NO. The molecule has 2 nitrogen and oxygen atoms in total. The lowest BCUT2D eigenvalue weighted by atomic mass is 9.87. The van der Waals surface area contributed by atoms with Crippen LogP contribution < -0.4 is 5.32 Å². The van der Waals surface area contributed by atoms with Gasteiger partial charge in [-0.3, -0.25) is 4.79 Å². The van der Waals surface area contributed by atoms with E-state index in [0.717, 1.165) is 5.69 Å². The Kier molecular flexibility index (Phi) is 8.49. The summed E-state index contributed by atoms with van der Waals surface area (Å²) in [7, 11) is 0. The molecule has 116 valence electrons. The molecule has 1 aromatic carbocycles. The van der Waals surface area contributed by atoms with E-state index in [0.29, 0.717) is 0 Å². The van der Waals surface area contributed by atoms with Gasteiger partial charge >= 0.3 is 0 Å². The third kappa shape index (κ3) is 6.74. The van der Waals surface area contributed by atoms with Gasteiger partial charge in [0, 0.05) is 11.1 Å². The van der Waals surface area contributed by atoms with Gasteiger partial charge in [0.05, 0.1) is 0 Å². The van der Waals surface area contributed by atoms with Gasteiger partial charge in [0.2, 0.25) is 5.91 Å². The number of anilines is 1. The van der Waals surface area contributed by atoms with Gasteiger partial charge in [0.25, 0.3) is 0 Å². The summed E-state index contributed by atoms with van der Waals surface area (Å²) in [5.41, 5.74) is 1.92. The number of rotatable bonds is 1. The maximum absolute atomic E-state index is 11.8. The predicted molar refractivity (Wildman–Crippen MR) is 91.3 cm³/mol. The zero-order valence-electron chi connectivity index (χ0n) is 13.7. The van der Waals surface area contributed by atoms with Gasteiger partial charge in [-0.1, -0.05) is 74.9 Å². The molecule has 1 amide bonds. The van der Waals surface area contributed by atoms with Crippen molar-refractivity contribution in [2.45, 2.75) is 68.2 Å².